The van der Waals surface area contributed by atoms with Gasteiger partial charge in [-0.3, -0.25) is 9.79 Å². The summed E-state index contributed by atoms with van der Waals surface area (Å²) >= 11 is 6.29. The first-order valence-electron chi connectivity index (χ1n) is 10.7. The predicted octanol–water partition coefficient (Wildman–Crippen LogP) is 6.09. The number of hydrogen-bond donors (Lipinski definition) is 0. The summed E-state index contributed by atoms with van der Waals surface area (Å²) in [6.45, 7) is 5.87. The van der Waals surface area contributed by atoms with Crippen molar-refractivity contribution in [3.63, 3.8) is 0 Å². The van der Waals surface area contributed by atoms with Crippen molar-refractivity contribution in [3.05, 3.63) is 94.0 Å². The maximum absolute atomic E-state index is 12.7. The van der Waals surface area contributed by atoms with Gasteiger partial charge < -0.3 is 9.47 Å². The van der Waals surface area contributed by atoms with Crippen LogP contribution in [0.15, 0.2) is 71.7 Å². The standard InChI is InChI=1S/C27H26ClNO4/c1-18(2)26(30)33-25-22(17-29-13-12-20-9-5-4-6-10-20)15-23(28)16-24(25)32-27(31)21-11-7-8-19(3)14-21/h4-11,14-18H,12-13H2,1-3H3. The van der Waals surface area contributed by atoms with Crippen LogP contribution in [0, 0.1) is 12.8 Å². The molecule has 0 aliphatic carbocycles. The third-order valence-corrected chi connectivity index (χ3v) is 5.00. The van der Waals surface area contributed by atoms with Crippen molar-refractivity contribution in [3.8, 4) is 11.5 Å². The van der Waals surface area contributed by atoms with Gasteiger partial charge >= 0.3 is 11.9 Å². The van der Waals surface area contributed by atoms with Crippen LogP contribution in [0.1, 0.15) is 40.9 Å². The first-order chi connectivity index (χ1) is 15.8. The van der Waals surface area contributed by atoms with Gasteiger partial charge in [-0.25, -0.2) is 4.79 Å². The van der Waals surface area contributed by atoms with E-state index < -0.39 is 11.9 Å². The number of esters is 2. The van der Waals surface area contributed by atoms with Crippen molar-refractivity contribution in [1.29, 1.82) is 0 Å². The molecule has 170 valence electrons. The number of aryl methyl sites for hydroxylation is 1. The van der Waals surface area contributed by atoms with E-state index in [4.69, 9.17) is 21.1 Å². The molecule has 0 heterocycles. The highest BCUT2D eigenvalue weighted by molar-refractivity contribution is 6.31. The van der Waals surface area contributed by atoms with Gasteiger partial charge in [0.2, 0.25) is 0 Å². The SMILES string of the molecule is Cc1cccc(C(=O)Oc2cc(Cl)cc(C=NCCc3ccccc3)c2OC(=O)C(C)C)c1. The van der Waals surface area contributed by atoms with E-state index in [-0.39, 0.29) is 17.4 Å². The Morgan fingerprint density at radius 2 is 1.76 bits per heavy atom. The van der Waals surface area contributed by atoms with Crippen molar-refractivity contribution < 1.29 is 19.1 Å². The molecule has 0 atom stereocenters. The van der Waals surface area contributed by atoms with Crippen molar-refractivity contribution in [2.45, 2.75) is 27.2 Å². The molecular weight excluding hydrogens is 438 g/mol. The van der Waals surface area contributed by atoms with Crippen LogP contribution in [0.5, 0.6) is 11.5 Å². The molecule has 6 heteroatoms. The molecule has 0 aliphatic heterocycles. The number of ether oxygens (including phenoxy) is 2. The minimum atomic E-state index is -0.574. The second-order valence-corrected chi connectivity index (χ2v) is 8.36. The van der Waals surface area contributed by atoms with Crippen LogP contribution >= 0.6 is 11.6 Å². The molecule has 0 radical (unpaired) electrons. The summed E-state index contributed by atoms with van der Waals surface area (Å²) in [6, 6.07) is 20.1. The zero-order valence-corrected chi connectivity index (χ0v) is 19.6. The molecule has 5 nitrogen and oxygen atoms in total. The number of carbonyl (C=O) groups excluding carboxylic acids is 2. The number of aliphatic imine (C=N–C) groups is 1. The fraction of sp³-hybridized carbons (Fsp3) is 0.222. The first kappa shape index (κ1) is 24.2. The zero-order valence-electron chi connectivity index (χ0n) is 18.9. The van der Waals surface area contributed by atoms with E-state index in [0.29, 0.717) is 22.7 Å². The highest BCUT2D eigenvalue weighted by Crippen LogP contribution is 2.35. The number of rotatable bonds is 8. The number of hydrogen-bond acceptors (Lipinski definition) is 5. The Morgan fingerprint density at radius 3 is 2.45 bits per heavy atom. The maximum Gasteiger partial charge on any atom is 0.343 e. The van der Waals surface area contributed by atoms with Crippen LogP contribution in [0.25, 0.3) is 0 Å². The van der Waals surface area contributed by atoms with E-state index in [2.05, 4.69) is 4.99 Å². The Hall–Kier alpha value is -3.44. The van der Waals surface area contributed by atoms with E-state index in [9.17, 15) is 9.59 Å². The van der Waals surface area contributed by atoms with E-state index in [1.165, 1.54) is 11.6 Å². The Labute approximate surface area is 199 Å². The number of nitrogens with zero attached hydrogens (tertiary/aromatic N) is 1. The molecule has 0 saturated heterocycles. The van der Waals surface area contributed by atoms with Crippen LogP contribution in [0.2, 0.25) is 5.02 Å². The summed E-state index contributed by atoms with van der Waals surface area (Å²) in [6.07, 6.45) is 2.34. The Bertz CT molecular complexity index is 1160. The van der Waals surface area contributed by atoms with Gasteiger partial charge in [-0.1, -0.05) is 73.5 Å². The van der Waals surface area contributed by atoms with Crippen LogP contribution in [-0.2, 0) is 11.2 Å². The van der Waals surface area contributed by atoms with Crippen LogP contribution in [0.4, 0.5) is 0 Å². The molecule has 0 aliphatic rings. The topological polar surface area (TPSA) is 65.0 Å². The largest absolute Gasteiger partial charge is 0.422 e. The molecule has 3 rings (SSSR count). The van der Waals surface area contributed by atoms with Crippen molar-refractivity contribution in [2.24, 2.45) is 10.9 Å². The molecule has 0 spiro atoms. The third kappa shape index (κ3) is 7.02. The van der Waals surface area contributed by atoms with E-state index >= 15 is 0 Å². The smallest absolute Gasteiger partial charge is 0.343 e. The summed E-state index contributed by atoms with van der Waals surface area (Å²) in [5, 5.41) is 0.330. The Morgan fingerprint density at radius 1 is 1.00 bits per heavy atom. The van der Waals surface area contributed by atoms with Gasteiger partial charge in [-0.05, 0) is 37.1 Å². The molecular formula is C27H26ClNO4. The van der Waals surface area contributed by atoms with Gasteiger partial charge in [0.25, 0.3) is 0 Å². The predicted molar refractivity (Wildman–Crippen MR) is 131 cm³/mol. The summed E-state index contributed by atoms with van der Waals surface area (Å²) in [4.78, 5) is 29.6. The van der Waals surface area contributed by atoms with Crippen molar-refractivity contribution in [2.75, 3.05) is 6.54 Å². The van der Waals surface area contributed by atoms with Gasteiger partial charge in [-0.2, -0.15) is 0 Å². The van der Waals surface area contributed by atoms with Crippen molar-refractivity contribution >= 4 is 29.8 Å². The zero-order chi connectivity index (χ0) is 23.8. The molecule has 0 N–H and O–H groups in total. The fourth-order valence-electron chi connectivity index (χ4n) is 3.02. The molecule has 0 saturated carbocycles. The van der Waals surface area contributed by atoms with Gasteiger partial charge in [0, 0.05) is 29.4 Å². The molecule has 3 aromatic carbocycles. The summed E-state index contributed by atoms with van der Waals surface area (Å²) in [7, 11) is 0. The van der Waals surface area contributed by atoms with Crippen LogP contribution < -0.4 is 9.47 Å². The van der Waals surface area contributed by atoms with E-state index in [1.807, 2.05) is 43.3 Å². The minimum Gasteiger partial charge on any atom is -0.422 e. The van der Waals surface area contributed by atoms with E-state index in [1.54, 1.807) is 44.3 Å². The monoisotopic (exact) mass is 463 g/mol. The van der Waals surface area contributed by atoms with Gasteiger partial charge in [0.1, 0.15) is 0 Å². The lowest BCUT2D eigenvalue weighted by molar-refractivity contribution is -0.137. The molecule has 0 unspecified atom stereocenters. The minimum absolute atomic E-state index is 0.0625. The summed E-state index contributed by atoms with van der Waals surface area (Å²) in [5.74, 6) is -1.22. The number of carbonyl (C=O) groups is 2. The lowest BCUT2D eigenvalue weighted by Gasteiger charge is -2.15. The highest BCUT2D eigenvalue weighted by atomic mass is 35.5. The lowest BCUT2D eigenvalue weighted by Crippen LogP contribution is -2.17. The molecule has 0 amide bonds. The molecule has 0 aromatic heterocycles. The van der Waals surface area contributed by atoms with Crippen LogP contribution in [-0.4, -0.2) is 24.7 Å². The highest BCUT2D eigenvalue weighted by Gasteiger charge is 2.21. The quantitative estimate of drug-likeness (QED) is 0.230. The van der Waals surface area contributed by atoms with Gasteiger partial charge in [0.15, 0.2) is 11.5 Å². The fourth-order valence-corrected chi connectivity index (χ4v) is 3.24. The van der Waals surface area contributed by atoms with Gasteiger partial charge in [0.05, 0.1) is 11.5 Å². The molecule has 33 heavy (non-hydrogen) atoms. The van der Waals surface area contributed by atoms with E-state index in [0.717, 1.165) is 12.0 Å². The molecule has 3 aromatic rings. The normalized spacial score (nSPS) is 11.1. The molecule has 0 fully saturated rings. The van der Waals surface area contributed by atoms with Crippen LogP contribution in [0.3, 0.4) is 0 Å². The maximum atomic E-state index is 12.7. The number of halogens is 1. The second-order valence-electron chi connectivity index (χ2n) is 7.93. The number of benzene rings is 3. The Kier molecular flexibility index (Phi) is 8.39. The second kappa shape index (κ2) is 11.4. The molecule has 0 bridgehead atoms. The first-order valence-corrected chi connectivity index (χ1v) is 11.1. The summed E-state index contributed by atoms with van der Waals surface area (Å²) in [5.41, 5.74) is 2.93. The average molecular weight is 464 g/mol. The Balaban J connectivity index is 1.89. The average Bonchev–Trinajstić information content (AvgIpc) is 2.79. The lowest BCUT2D eigenvalue weighted by atomic mass is 10.1. The summed E-state index contributed by atoms with van der Waals surface area (Å²) < 4.78 is 11.2. The van der Waals surface area contributed by atoms with Crippen molar-refractivity contribution in [1.82, 2.24) is 0 Å². The third-order valence-electron chi connectivity index (χ3n) is 4.78. The van der Waals surface area contributed by atoms with Gasteiger partial charge in [-0.15, -0.1) is 0 Å².